The van der Waals surface area contributed by atoms with Gasteiger partial charge in [0, 0.05) is 25.4 Å². The number of carbonyl (C=O) groups excluding carboxylic acids is 2. The molecule has 1 aliphatic heterocycles. The number of hydrogen-bond acceptors (Lipinski definition) is 8. The number of benzene rings is 1. The first-order chi connectivity index (χ1) is 15.6. The SMILES string of the molecule is COc1ccc(Cc2nnc(NC(=O)C3CCN(C(=O)c4ccco4)CC3)s2)cc1OC. The van der Waals surface area contributed by atoms with Crippen LogP contribution in [0.15, 0.2) is 41.0 Å². The average molecular weight is 457 g/mol. The van der Waals surface area contributed by atoms with E-state index in [2.05, 4.69) is 15.5 Å². The van der Waals surface area contributed by atoms with Crippen molar-refractivity contribution in [3.05, 3.63) is 52.9 Å². The van der Waals surface area contributed by atoms with Gasteiger partial charge in [0.2, 0.25) is 11.0 Å². The zero-order valence-corrected chi connectivity index (χ0v) is 18.7. The molecule has 1 aromatic carbocycles. The van der Waals surface area contributed by atoms with Gasteiger partial charge in [-0.05, 0) is 42.7 Å². The number of piperidine rings is 1. The molecule has 2 amide bonds. The lowest BCUT2D eigenvalue weighted by molar-refractivity contribution is -0.121. The molecule has 1 fully saturated rings. The molecule has 1 saturated heterocycles. The van der Waals surface area contributed by atoms with E-state index in [9.17, 15) is 9.59 Å². The number of amides is 2. The molecule has 168 valence electrons. The Labute approximate surface area is 189 Å². The van der Waals surface area contributed by atoms with Crippen molar-refractivity contribution >= 4 is 28.3 Å². The molecule has 0 saturated carbocycles. The van der Waals surface area contributed by atoms with Crippen molar-refractivity contribution in [3.8, 4) is 11.5 Å². The van der Waals surface area contributed by atoms with E-state index >= 15 is 0 Å². The number of ether oxygens (including phenoxy) is 2. The number of furan rings is 1. The fraction of sp³-hybridized carbons (Fsp3) is 0.364. The van der Waals surface area contributed by atoms with Gasteiger partial charge in [0.15, 0.2) is 17.3 Å². The van der Waals surface area contributed by atoms with Crippen LogP contribution in [-0.4, -0.2) is 54.2 Å². The molecule has 2 aromatic heterocycles. The molecule has 0 bridgehead atoms. The summed E-state index contributed by atoms with van der Waals surface area (Å²) in [5.41, 5.74) is 1.00. The number of nitrogens with one attached hydrogen (secondary N) is 1. The topological polar surface area (TPSA) is 107 Å². The van der Waals surface area contributed by atoms with E-state index in [0.29, 0.717) is 54.7 Å². The van der Waals surface area contributed by atoms with Gasteiger partial charge in [0.05, 0.1) is 20.5 Å². The molecule has 3 heterocycles. The van der Waals surface area contributed by atoms with E-state index in [1.165, 1.54) is 17.6 Å². The largest absolute Gasteiger partial charge is 0.493 e. The van der Waals surface area contributed by atoms with Crippen LogP contribution in [0.4, 0.5) is 5.13 Å². The van der Waals surface area contributed by atoms with Crippen LogP contribution in [0.25, 0.3) is 0 Å². The van der Waals surface area contributed by atoms with E-state index in [4.69, 9.17) is 13.9 Å². The number of hydrogen-bond donors (Lipinski definition) is 1. The Morgan fingerprint density at radius 3 is 2.62 bits per heavy atom. The third kappa shape index (κ3) is 4.91. The lowest BCUT2D eigenvalue weighted by Crippen LogP contribution is -2.41. The third-order valence-corrected chi connectivity index (χ3v) is 6.22. The van der Waals surface area contributed by atoms with Crippen LogP contribution in [0.5, 0.6) is 11.5 Å². The van der Waals surface area contributed by atoms with Crippen LogP contribution in [0.2, 0.25) is 0 Å². The highest BCUT2D eigenvalue weighted by Gasteiger charge is 2.29. The molecule has 9 nitrogen and oxygen atoms in total. The maximum Gasteiger partial charge on any atom is 0.289 e. The Bertz CT molecular complexity index is 1070. The number of anilines is 1. The predicted octanol–water partition coefficient (Wildman–Crippen LogP) is 3.23. The number of aromatic nitrogens is 2. The molecule has 3 aromatic rings. The van der Waals surface area contributed by atoms with Gasteiger partial charge in [-0.3, -0.25) is 9.59 Å². The molecule has 0 unspecified atom stereocenters. The fourth-order valence-corrected chi connectivity index (χ4v) is 4.43. The summed E-state index contributed by atoms with van der Waals surface area (Å²) in [6.07, 6.45) is 3.24. The molecule has 0 spiro atoms. The van der Waals surface area contributed by atoms with Crippen molar-refractivity contribution in [3.63, 3.8) is 0 Å². The van der Waals surface area contributed by atoms with Gasteiger partial charge in [-0.25, -0.2) is 0 Å². The first-order valence-corrected chi connectivity index (χ1v) is 11.1. The maximum atomic E-state index is 12.7. The third-order valence-electron chi connectivity index (χ3n) is 5.39. The zero-order chi connectivity index (χ0) is 22.5. The Morgan fingerprint density at radius 1 is 1.16 bits per heavy atom. The van der Waals surface area contributed by atoms with Crippen molar-refractivity contribution in [2.45, 2.75) is 19.3 Å². The van der Waals surface area contributed by atoms with Crippen molar-refractivity contribution in [1.82, 2.24) is 15.1 Å². The average Bonchev–Trinajstić information content (AvgIpc) is 3.51. The molecule has 0 radical (unpaired) electrons. The summed E-state index contributed by atoms with van der Waals surface area (Å²) in [5.74, 6) is 1.23. The van der Waals surface area contributed by atoms with Gasteiger partial charge in [0.25, 0.3) is 5.91 Å². The molecule has 4 rings (SSSR count). The van der Waals surface area contributed by atoms with Crippen LogP contribution in [0.3, 0.4) is 0 Å². The highest BCUT2D eigenvalue weighted by atomic mass is 32.1. The Morgan fingerprint density at radius 2 is 1.94 bits per heavy atom. The second kappa shape index (κ2) is 9.82. The molecule has 1 aliphatic rings. The second-order valence-electron chi connectivity index (χ2n) is 7.40. The summed E-state index contributed by atoms with van der Waals surface area (Å²) < 4.78 is 15.8. The zero-order valence-electron chi connectivity index (χ0n) is 17.9. The standard InChI is InChI=1S/C22H24N4O5S/c1-29-16-6-5-14(12-18(16)30-2)13-19-24-25-22(32-19)23-20(27)15-7-9-26(10-8-15)21(28)17-4-3-11-31-17/h3-6,11-12,15H,7-10,13H2,1-2H3,(H,23,25,27). The van der Waals surface area contributed by atoms with Crippen molar-refractivity contribution in [2.24, 2.45) is 5.92 Å². The molecule has 0 aliphatic carbocycles. The van der Waals surface area contributed by atoms with Gasteiger partial charge in [-0.15, -0.1) is 10.2 Å². The number of likely N-dealkylation sites (tertiary alicyclic amines) is 1. The van der Waals surface area contributed by atoms with Gasteiger partial charge >= 0.3 is 0 Å². The van der Waals surface area contributed by atoms with Crippen LogP contribution in [-0.2, 0) is 11.2 Å². The van der Waals surface area contributed by atoms with Crippen molar-refractivity contribution < 1.29 is 23.5 Å². The number of nitrogens with zero attached hydrogens (tertiary/aromatic N) is 3. The summed E-state index contributed by atoms with van der Waals surface area (Å²) in [6, 6.07) is 9.03. The van der Waals surface area contributed by atoms with Gasteiger partial charge in [-0.2, -0.15) is 0 Å². The minimum Gasteiger partial charge on any atom is -0.493 e. The summed E-state index contributed by atoms with van der Waals surface area (Å²) in [5, 5.41) is 12.4. The molecular weight excluding hydrogens is 432 g/mol. The molecule has 0 atom stereocenters. The van der Waals surface area contributed by atoms with E-state index in [-0.39, 0.29) is 17.7 Å². The normalized spacial score (nSPS) is 14.2. The fourth-order valence-electron chi connectivity index (χ4n) is 3.65. The van der Waals surface area contributed by atoms with Crippen LogP contribution in [0, 0.1) is 5.92 Å². The Kier molecular flexibility index (Phi) is 6.69. The van der Waals surface area contributed by atoms with E-state index < -0.39 is 0 Å². The maximum absolute atomic E-state index is 12.7. The van der Waals surface area contributed by atoms with Crippen LogP contribution < -0.4 is 14.8 Å². The smallest absolute Gasteiger partial charge is 0.289 e. The van der Waals surface area contributed by atoms with Gasteiger partial charge < -0.3 is 24.1 Å². The molecule has 32 heavy (non-hydrogen) atoms. The molecule has 1 N–H and O–H groups in total. The second-order valence-corrected chi connectivity index (χ2v) is 8.46. The van der Waals surface area contributed by atoms with Gasteiger partial charge in [-0.1, -0.05) is 17.4 Å². The van der Waals surface area contributed by atoms with E-state index in [0.717, 1.165) is 10.6 Å². The van der Waals surface area contributed by atoms with E-state index in [1.807, 2.05) is 18.2 Å². The lowest BCUT2D eigenvalue weighted by atomic mass is 9.96. The summed E-state index contributed by atoms with van der Waals surface area (Å²) in [6.45, 7) is 1.02. The van der Waals surface area contributed by atoms with Crippen molar-refractivity contribution in [2.75, 3.05) is 32.6 Å². The predicted molar refractivity (Wildman–Crippen MR) is 118 cm³/mol. The number of rotatable bonds is 7. The quantitative estimate of drug-likeness (QED) is 0.582. The van der Waals surface area contributed by atoms with Crippen molar-refractivity contribution in [1.29, 1.82) is 0 Å². The molecule has 10 heteroatoms. The monoisotopic (exact) mass is 456 g/mol. The van der Waals surface area contributed by atoms with Crippen LogP contribution in [0.1, 0.15) is 34.0 Å². The van der Waals surface area contributed by atoms with Gasteiger partial charge in [0.1, 0.15) is 5.01 Å². The highest BCUT2D eigenvalue weighted by Crippen LogP contribution is 2.29. The number of carbonyl (C=O) groups is 2. The minimum atomic E-state index is -0.172. The summed E-state index contributed by atoms with van der Waals surface area (Å²) >= 11 is 1.34. The number of methoxy groups -OCH3 is 2. The summed E-state index contributed by atoms with van der Waals surface area (Å²) in [7, 11) is 3.19. The highest BCUT2D eigenvalue weighted by molar-refractivity contribution is 7.15. The first-order valence-electron chi connectivity index (χ1n) is 10.2. The van der Waals surface area contributed by atoms with E-state index in [1.54, 1.807) is 31.3 Å². The van der Waals surface area contributed by atoms with Crippen LogP contribution >= 0.6 is 11.3 Å². The Balaban J connectivity index is 1.30. The minimum absolute atomic E-state index is 0.0936. The first kappa shape index (κ1) is 21.8. The lowest BCUT2D eigenvalue weighted by Gasteiger charge is -2.30. The molecular formula is C22H24N4O5S. The summed E-state index contributed by atoms with van der Waals surface area (Å²) in [4.78, 5) is 26.7. The Hall–Kier alpha value is -3.40.